The monoisotopic (exact) mass is 411 g/mol. The average Bonchev–Trinajstić information content (AvgIpc) is 2.65. The van der Waals surface area contributed by atoms with E-state index < -0.39 is 11.8 Å². The number of hydrogen-bond acceptors (Lipinski definition) is 4. The van der Waals surface area contributed by atoms with Gasteiger partial charge < -0.3 is 9.84 Å². The maximum atomic E-state index is 13.4. The molecule has 1 atom stereocenters. The van der Waals surface area contributed by atoms with E-state index in [9.17, 15) is 9.18 Å². The first-order valence-electron chi connectivity index (χ1n) is 8.75. The standard InChI is InChI=1S/C20H23ClFNO3S/c1-3-14(23(4-2)12-20(24)25)13-26-18-7-5-6-8-19(18)27-15-9-10-17(22)16(21)11-15/h5-11,14H,3-4,12-13H2,1-2H3,(H,24,25). The van der Waals surface area contributed by atoms with E-state index in [4.69, 9.17) is 21.4 Å². The molecule has 0 bridgehead atoms. The van der Waals surface area contributed by atoms with Crippen LogP contribution >= 0.6 is 23.4 Å². The highest BCUT2D eigenvalue weighted by molar-refractivity contribution is 7.99. The summed E-state index contributed by atoms with van der Waals surface area (Å²) in [6.07, 6.45) is 0.782. The Morgan fingerprint density at radius 2 is 2.04 bits per heavy atom. The fourth-order valence-corrected chi connectivity index (χ4v) is 3.85. The highest BCUT2D eigenvalue weighted by Gasteiger charge is 2.19. The van der Waals surface area contributed by atoms with E-state index in [0.29, 0.717) is 18.9 Å². The average molecular weight is 412 g/mol. The van der Waals surface area contributed by atoms with Crippen molar-refractivity contribution < 1.29 is 19.0 Å². The molecule has 0 aliphatic rings. The molecule has 0 aliphatic carbocycles. The van der Waals surface area contributed by atoms with Gasteiger partial charge in [-0.1, -0.05) is 49.3 Å². The summed E-state index contributed by atoms with van der Waals surface area (Å²) in [5.74, 6) is -0.596. The fourth-order valence-electron chi connectivity index (χ4n) is 2.66. The Morgan fingerprint density at radius 3 is 2.67 bits per heavy atom. The molecule has 0 amide bonds. The quantitative estimate of drug-likeness (QED) is 0.582. The normalized spacial score (nSPS) is 12.2. The summed E-state index contributed by atoms with van der Waals surface area (Å²) in [7, 11) is 0. The van der Waals surface area contributed by atoms with Crippen molar-refractivity contribution in [3.63, 3.8) is 0 Å². The zero-order chi connectivity index (χ0) is 19.8. The molecule has 7 heteroatoms. The van der Waals surface area contributed by atoms with Crippen LogP contribution in [0.4, 0.5) is 4.39 Å². The Balaban J connectivity index is 2.10. The molecule has 0 aliphatic heterocycles. The number of nitrogens with zero attached hydrogens (tertiary/aromatic N) is 1. The SMILES string of the molecule is CCC(COc1ccccc1Sc1ccc(F)c(Cl)c1)N(CC)CC(=O)O. The van der Waals surface area contributed by atoms with Crippen molar-refractivity contribution in [2.24, 2.45) is 0 Å². The molecule has 2 rings (SSSR count). The number of benzene rings is 2. The van der Waals surface area contributed by atoms with Gasteiger partial charge in [-0.15, -0.1) is 0 Å². The summed E-state index contributed by atoms with van der Waals surface area (Å²) in [5, 5.41) is 9.15. The van der Waals surface area contributed by atoms with Gasteiger partial charge in [0.05, 0.1) is 16.5 Å². The van der Waals surface area contributed by atoms with Crippen molar-refractivity contribution in [1.82, 2.24) is 4.90 Å². The summed E-state index contributed by atoms with van der Waals surface area (Å²) in [4.78, 5) is 14.6. The van der Waals surface area contributed by atoms with E-state index in [0.717, 1.165) is 16.2 Å². The van der Waals surface area contributed by atoms with Gasteiger partial charge in [0.25, 0.3) is 0 Å². The number of para-hydroxylation sites is 1. The Labute approximate surface area is 168 Å². The van der Waals surface area contributed by atoms with Crippen LogP contribution in [0.2, 0.25) is 5.02 Å². The lowest BCUT2D eigenvalue weighted by atomic mass is 10.2. The number of carboxylic acids is 1. The van der Waals surface area contributed by atoms with Gasteiger partial charge in [0.2, 0.25) is 0 Å². The minimum absolute atomic E-state index is 0.00409. The maximum absolute atomic E-state index is 13.4. The molecule has 2 aromatic rings. The van der Waals surface area contributed by atoms with Gasteiger partial charge in [-0.05, 0) is 43.3 Å². The zero-order valence-electron chi connectivity index (χ0n) is 15.3. The molecule has 146 valence electrons. The lowest BCUT2D eigenvalue weighted by Crippen LogP contribution is -2.42. The van der Waals surface area contributed by atoms with Crippen LogP contribution in [-0.2, 0) is 4.79 Å². The topological polar surface area (TPSA) is 49.8 Å². The predicted molar refractivity (Wildman–Crippen MR) is 106 cm³/mol. The first-order chi connectivity index (χ1) is 12.9. The van der Waals surface area contributed by atoms with Gasteiger partial charge in [-0.3, -0.25) is 9.69 Å². The summed E-state index contributed by atoms with van der Waals surface area (Å²) >= 11 is 7.30. The van der Waals surface area contributed by atoms with Crippen molar-refractivity contribution in [2.45, 2.75) is 36.1 Å². The summed E-state index contributed by atoms with van der Waals surface area (Å²) in [5.41, 5.74) is 0. The Hall–Kier alpha value is -1.76. The smallest absolute Gasteiger partial charge is 0.317 e. The number of aliphatic carboxylic acids is 1. The first-order valence-corrected chi connectivity index (χ1v) is 9.94. The van der Waals surface area contributed by atoms with Crippen LogP contribution in [0.1, 0.15) is 20.3 Å². The molecular weight excluding hydrogens is 389 g/mol. The predicted octanol–water partition coefficient (Wildman–Crippen LogP) is 5.19. The molecule has 0 aromatic heterocycles. The van der Waals surface area contributed by atoms with E-state index in [1.54, 1.807) is 12.1 Å². The first kappa shape index (κ1) is 21.5. The van der Waals surface area contributed by atoms with Gasteiger partial charge in [0.15, 0.2) is 0 Å². The van der Waals surface area contributed by atoms with Gasteiger partial charge >= 0.3 is 5.97 Å². The third kappa shape index (κ3) is 6.41. The molecule has 2 aromatic carbocycles. The number of halogens is 2. The second-order valence-corrected chi connectivity index (χ2v) is 7.48. The zero-order valence-corrected chi connectivity index (χ0v) is 16.9. The van der Waals surface area contributed by atoms with Crippen molar-refractivity contribution in [2.75, 3.05) is 19.7 Å². The van der Waals surface area contributed by atoms with Crippen molar-refractivity contribution in [1.29, 1.82) is 0 Å². The molecule has 0 radical (unpaired) electrons. The maximum Gasteiger partial charge on any atom is 0.317 e. The van der Waals surface area contributed by atoms with Crippen molar-refractivity contribution in [3.05, 3.63) is 53.3 Å². The molecule has 4 nitrogen and oxygen atoms in total. The number of hydrogen-bond donors (Lipinski definition) is 1. The molecule has 27 heavy (non-hydrogen) atoms. The second-order valence-electron chi connectivity index (χ2n) is 5.95. The summed E-state index contributed by atoms with van der Waals surface area (Å²) < 4.78 is 19.4. The van der Waals surface area contributed by atoms with E-state index in [1.165, 1.54) is 17.8 Å². The van der Waals surface area contributed by atoms with Gasteiger partial charge in [0.1, 0.15) is 18.2 Å². The van der Waals surface area contributed by atoms with Crippen LogP contribution in [0.5, 0.6) is 5.75 Å². The molecule has 1 unspecified atom stereocenters. The van der Waals surface area contributed by atoms with Crippen LogP contribution < -0.4 is 4.74 Å². The minimum atomic E-state index is -0.848. The number of rotatable bonds is 10. The van der Waals surface area contributed by atoms with Crippen LogP contribution in [0, 0.1) is 5.82 Å². The largest absolute Gasteiger partial charge is 0.491 e. The molecule has 0 fully saturated rings. The fraction of sp³-hybridized carbons (Fsp3) is 0.350. The van der Waals surface area contributed by atoms with Gasteiger partial charge in [-0.2, -0.15) is 0 Å². The second kappa shape index (κ2) is 10.5. The van der Waals surface area contributed by atoms with Gasteiger partial charge in [-0.25, -0.2) is 4.39 Å². The Kier molecular flexibility index (Phi) is 8.41. The number of ether oxygens (including phenoxy) is 1. The van der Waals surface area contributed by atoms with E-state index in [-0.39, 0.29) is 17.6 Å². The van der Waals surface area contributed by atoms with Crippen molar-refractivity contribution >= 4 is 29.3 Å². The number of carbonyl (C=O) groups is 1. The molecule has 0 spiro atoms. The molecule has 0 saturated carbocycles. The Bertz CT molecular complexity index is 775. The molecule has 0 saturated heterocycles. The van der Waals surface area contributed by atoms with Crippen LogP contribution in [0.3, 0.4) is 0 Å². The van der Waals surface area contributed by atoms with Crippen LogP contribution in [0.15, 0.2) is 52.3 Å². The van der Waals surface area contributed by atoms with E-state index in [2.05, 4.69) is 0 Å². The molecule has 0 heterocycles. The van der Waals surface area contributed by atoms with E-state index in [1.807, 2.05) is 43.0 Å². The third-order valence-corrected chi connectivity index (χ3v) is 5.47. The van der Waals surface area contributed by atoms with Gasteiger partial charge in [0, 0.05) is 10.9 Å². The Morgan fingerprint density at radius 1 is 1.30 bits per heavy atom. The molecule has 1 N–H and O–H groups in total. The van der Waals surface area contributed by atoms with E-state index >= 15 is 0 Å². The minimum Gasteiger partial charge on any atom is -0.491 e. The highest BCUT2D eigenvalue weighted by Crippen LogP contribution is 2.36. The lowest BCUT2D eigenvalue weighted by molar-refractivity contribution is -0.139. The summed E-state index contributed by atoms with van der Waals surface area (Å²) in [6, 6.07) is 12.2. The number of likely N-dealkylation sites (N-methyl/N-ethyl adjacent to an activating group) is 1. The van der Waals surface area contributed by atoms with Crippen LogP contribution in [-0.4, -0.2) is 41.7 Å². The summed E-state index contributed by atoms with van der Waals surface area (Å²) in [6.45, 7) is 4.97. The highest BCUT2D eigenvalue weighted by atomic mass is 35.5. The lowest BCUT2D eigenvalue weighted by Gasteiger charge is -2.28. The van der Waals surface area contributed by atoms with Crippen molar-refractivity contribution in [3.8, 4) is 5.75 Å². The number of carboxylic acid groups (broad SMARTS) is 1. The van der Waals surface area contributed by atoms with Crippen LogP contribution in [0.25, 0.3) is 0 Å². The molecular formula is C20H23ClFNO3S. The third-order valence-electron chi connectivity index (χ3n) is 4.13.